The molecule has 0 radical (unpaired) electrons. The van der Waals surface area contributed by atoms with Crippen molar-refractivity contribution in [1.82, 2.24) is 5.32 Å². The van der Waals surface area contributed by atoms with Crippen LogP contribution in [0.25, 0.3) is 0 Å². The van der Waals surface area contributed by atoms with Gasteiger partial charge in [0.2, 0.25) is 0 Å². The lowest BCUT2D eigenvalue weighted by Gasteiger charge is -2.29. The number of hydrogen-bond acceptors (Lipinski definition) is 2. The maximum absolute atomic E-state index is 9.60. The Morgan fingerprint density at radius 3 is 2.39 bits per heavy atom. The monoisotopic (exact) mass is 247 g/mol. The third-order valence-electron chi connectivity index (χ3n) is 4.36. The minimum absolute atomic E-state index is 0.138. The summed E-state index contributed by atoms with van der Waals surface area (Å²) >= 11 is 0. The molecule has 1 atom stereocenters. The molecule has 1 aliphatic carbocycles. The van der Waals surface area contributed by atoms with Gasteiger partial charge < -0.3 is 10.4 Å². The summed E-state index contributed by atoms with van der Waals surface area (Å²) in [5.74, 6) is 0. The van der Waals surface area contributed by atoms with Crippen LogP contribution in [0.2, 0.25) is 0 Å². The van der Waals surface area contributed by atoms with Gasteiger partial charge in [0, 0.05) is 24.6 Å². The summed E-state index contributed by atoms with van der Waals surface area (Å²) in [4.78, 5) is 0. The first-order valence-electron chi connectivity index (χ1n) is 7.06. The summed E-state index contributed by atoms with van der Waals surface area (Å²) in [6, 6.07) is 9.05. The van der Waals surface area contributed by atoms with E-state index in [4.69, 9.17) is 0 Å². The van der Waals surface area contributed by atoms with Crippen LogP contribution in [0, 0.1) is 12.3 Å². The molecule has 0 aromatic heterocycles. The Bertz CT molecular complexity index is 365. The number of aliphatic hydroxyl groups excluding tert-OH is 1. The van der Waals surface area contributed by atoms with Crippen LogP contribution in [0.5, 0.6) is 0 Å². The van der Waals surface area contributed by atoms with Gasteiger partial charge in [-0.05, 0) is 32.3 Å². The molecule has 1 aromatic rings. The van der Waals surface area contributed by atoms with Crippen LogP contribution >= 0.6 is 0 Å². The van der Waals surface area contributed by atoms with Crippen molar-refractivity contribution in [1.29, 1.82) is 0 Å². The van der Waals surface area contributed by atoms with Crippen molar-refractivity contribution < 1.29 is 5.11 Å². The summed E-state index contributed by atoms with van der Waals surface area (Å²) in [6.07, 6.45) is 4.86. The Morgan fingerprint density at radius 1 is 1.22 bits per heavy atom. The highest BCUT2D eigenvalue weighted by molar-refractivity contribution is 5.23. The van der Waals surface area contributed by atoms with Crippen molar-refractivity contribution >= 4 is 0 Å². The van der Waals surface area contributed by atoms with E-state index in [0.29, 0.717) is 12.6 Å². The van der Waals surface area contributed by atoms with Crippen LogP contribution in [0.4, 0.5) is 0 Å². The predicted octanol–water partition coefficient (Wildman–Crippen LogP) is 3.20. The van der Waals surface area contributed by atoms with E-state index in [-0.39, 0.29) is 5.41 Å². The summed E-state index contributed by atoms with van der Waals surface area (Å²) in [7, 11) is 0. The quantitative estimate of drug-likeness (QED) is 0.837. The Balaban J connectivity index is 1.91. The largest absolute Gasteiger partial charge is 0.396 e. The molecule has 2 rings (SSSR count). The Hall–Kier alpha value is -0.860. The van der Waals surface area contributed by atoms with E-state index in [0.717, 1.165) is 19.4 Å². The highest BCUT2D eigenvalue weighted by Crippen LogP contribution is 2.37. The second-order valence-corrected chi connectivity index (χ2v) is 5.88. The van der Waals surface area contributed by atoms with Crippen LogP contribution < -0.4 is 5.32 Å². The number of nitrogens with one attached hydrogen (secondary N) is 1. The lowest BCUT2D eigenvalue weighted by molar-refractivity contribution is 0.125. The molecular formula is C16H25NO. The molecule has 1 aliphatic rings. The minimum Gasteiger partial charge on any atom is -0.396 e. The first kappa shape index (κ1) is 13.6. The number of aryl methyl sites for hydroxylation is 1. The van der Waals surface area contributed by atoms with Crippen LogP contribution in [0.15, 0.2) is 24.3 Å². The SMILES string of the molecule is Cc1ccc(C(C)NCC2(CO)CCCC2)cc1. The predicted molar refractivity (Wildman–Crippen MR) is 75.6 cm³/mol. The fourth-order valence-electron chi connectivity index (χ4n) is 2.86. The van der Waals surface area contributed by atoms with Gasteiger partial charge in [0.1, 0.15) is 0 Å². The van der Waals surface area contributed by atoms with Crippen LogP contribution in [-0.4, -0.2) is 18.3 Å². The molecule has 1 unspecified atom stereocenters. The molecule has 2 nitrogen and oxygen atoms in total. The zero-order chi connectivity index (χ0) is 13.0. The van der Waals surface area contributed by atoms with Gasteiger partial charge in [-0.1, -0.05) is 42.7 Å². The third-order valence-corrected chi connectivity index (χ3v) is 4.36. The summed E-state index contributed by atoms with van der Waals surface area (Å²) in [5, 5.41) is 13.2. The van der Waals surface area contributed by atoms with Crippen molar-refractivity contribution in [2.24, 2.45) is 5.41 Å². The van der Waals surface area contributed by atoms with Crippen LogP contribution in [0.3, 0.4) is 0 Å². The Labute approximate surface area is 110 Å². The van der Waals surface area contributed by atoms with E-state index >= 15 is 0 Å². The van der Waals surface area contributed by atoms with Crippen molar-refractivity contribution in [3.05, 3.63) is 35.4 Å². The van der Waals surface area contributed by atoms with Gasteiger partial charge in [-0.25, -0.2) is 0 Å². The number of rotatable bonds is 5. The van der Waals surface area contributed by atoms with Gasteiger partial charge in [-0.3, -0.25) is 0 Å². The molecule has 1 saturated carbocycles. The topological polar surface area (TPSA) is 32.3 Å². The van der Waals surface area contributed by atoms with Crippen molar-refractivity contribution in [3.63, 3.8) is 0 Å². The van der Waals surface area contributed by atoms with E-state index in [2.05, 4.69) is 43.4 Å². The van der Waals surface area contributed by atoms with E-state index in [9.17, 15) is 5.11 Å². The van der Waals surface area contributed by atoms with Gasteiger partial charge in [-0.15, -0.1) is 0 Å². The molecule has 0 spiro atoms. The summed E-state index contributed by atoms with van der Waals surface area (Å²) in [5.41, 5.74) is 2.76. The van der Waals surface area contributed by atoms with Gasteiger partial charge >= 0.3 is 0 Å². The minimum atomic E-state index is 0.138. The van der Waals surface area contributed by atoms with Gasteiger partial charge in [-0.2, -0.15) is 0 Å². The van der Waals surface area contributed by atoms with Crippen LogP contribution in [-0.2, 0) is 0 Å². The van der Waals surface area contributed by atoms with E-state index in [1.54, 1.807) is 0 Å². The normalized spacial score (nSPS) is 19.9. The number of aliphatic hydroxyl groups is 1. The molecule has 1 aromatic carbocycles. The second-order valence-electron chi connectivity index (χ2n) is 5.88. The lowest BCUT2D eigenvalue weighted by atomic mass is 9.87. The highest BCUT2D eigenvalue weighted by Gasteiger charge is 2.33. The van der Waals surface area contributed by atoms with Gasteiger partial charge in [0.25, 0.3) is 0 Å². The van der Waals surface area contributed by atoms with Gasteiger partial charge in [0.15, 0.2) is 0 Å². The molecule has 0 bridgehead atoms. The van der Waals surface area contributed by atoms with Crippen molar-refractivity contribution in [2.75, 3.05) is 13.2 Å². The first-order valence-corrected chi connectivity index (χ1v) is 7.06. The molecule has 18 heavy (non-hydrogen) atoms. The number of hydrogen-bond donors (Lipinski definition) is 2. The molecule has 0 saturated heterocycles. The molecule has 0 heterocycles. The average molecular weight is 247 g/mol. The molecule has 0 amide bonds. The van der Waals surface area contributed by atoms with Crippen molar-refractivity contribution in [2.45, 2.75) is 45.6 Å². The molecule has 2 N–H and O–H groups in total. The standard InChI is InChI=1S/C16H25NO/c1-13-5-7-15(8-6-13)14(2)17-11-16(12-18)9-3-4-10-16/h5-8,14,17-18H,3-4,9-12H2,1-2H3. The molecule has 1 fully saturated rings. The Morgan fingerprint density at radius 2 is 1.83 bits per heavy atom. The fourth-order valence-corrected chi connectivity index (χ4v) is 2.86. The average Bonchev–Trinajstić information content (AvgIpc) is 2.86. The smallest absolute Gasteiger partial charge is 0.0499 e. The van der Waals surface area contributed by atoms with E-state index < -0.39 is 0 Å². The maximum atomic E-state index is 9.60. The third kappa shape index (κ3) is 3.12. The molecule has 100 valence electrons. The summed E-state index contributed by atoms with van der Waals surface area (Å²) in [6.45, 7) is 5.56. The molecular weight excluding hydrogens is 222 g/mol. The fraction of sp³-hybridized carbons (Fsp3) is 0.625. The number of benzene rings is 1. The second kappa shape index (κ2) is 5.85. The van der Waals surface area contributed by atoms with Gasteiger partial charge in [0.05, 0.1) is 0 Å². The summed E-state index contributed by atoms with van der Waals surface area (Å²) < 4.78 is 0. The molecule has 0 aliphatic heterocycles. The zero-order valence-corrected chi connectivity index (χ0v) is 11.6. The van der Waals surface area contributed by atoms with E-state index in [1.165, 1.54) is 24.0 Å². The maximum Gasteiger partial charge on any atom is 0.0499 e. The molecule has 2 heteroatoms. The van der Waals surface area contributed by atoms with Crippen molar-refractivity contribution in [3.8, 4) is 0 Å². The zero-order valence-electron chi connectivity index (χ0n) is 11.6. The first-order chi connectivity index (χ1) is 8.65. The Kier molecular flexibility index (Phi) is 4.41. The highest BCUT2D eigenvalue weighted by atomic mass is 16.3. The lowest BCUT2D eigenvalue weighted by Crippen LogP contribution is -2.36. The van der Waals surface area contributed by atoms with E-state index in [1.807, 2.05) is 0 Å². The van der Waals surface area contributed by atoms with Crippen LogP contribution in [0.1, 0.15) is 49.8 Å².